The minimum atomic E-state index is 0.186. The van der Waals surface area contributed by atoms with Crippen molar-refractivity contribution in [2.45, 2.75) is 31.6 Å². The number of rotatable bonds is 3. The van der Waals surface area contributed by atoms with Crippen molar-refractivity contribution < 1.29 is 14.6 Å². The predicted molar refractivity (Wildman–Crippen MR) is 72.8 cm³/mol. The molecule has 0 aliphatic carbocycles. The molecule has 0 saturated carbocycles. The number of ether oxygens (including phenoxy) is 2. The van der Waals surface area contributed by atoms with Gasteiger partial charge in [-0.15, -0.1) is 0 Å². The number of hydrogen-bond donors (Lipinski definition) is 1. The zero-order chi connectivity index (χ0) is 13.4. The fourth-order valence-corrected chi connectivity index (χ4v) is 3.20. The van der Waals surface area contributed by atoms with Crippen molar-refractivity contribution in [2.75, 3.05) is 20.2 Å². The van der Waals surface area contributed by atoms with Gasteiger partial charge in [0, 0.05) is 36.3 Å². The number of fused-ring (bicyclic) bond motifs is 2. The summed E-state index contributed by atoms with van der Waals surface area (Å²) in [6.07, 6.45) is 2.99. The minimum Gasteiger partial charge on any atom is -0.504 e. The summed E-state index contributed by atoms with van der Waals surface area (Å²) in [5.74, 6) is 0.615. The van der Waals surface area contributed by atoms with E-state index in [1.54, 1.807) is 12.1 Å². The Balaban J connectivity index is 1.77. The Labute approximate surface area is 117 Å². The molecule has 2 heterocycles. The molecule has 5 heteroatoms. The van der Waals surface area contributed by atoms with E-state index in [9.17, 15) is 5.11 Å². The zero-order valence-corrected chi connectivity index (χ0v) is 11.7. The highest BCUT2D eigenvalue weighted by Gasteiger charge is 2.33. The summed E-state index contributed by atoms with van der Waals surface area (Å²) >= 11 is 6.05. The van der Waals surface area contributed by atoms with E-state index < -0.39 is 0 Å². The van der Waals surface area contributed by atoms with Gasteiger partial charge in [0.1, 0.15) is 0 Å². The van der Waals surface area contributed by atoms with E-state index in [2.05, 4.69) is 4.90 Å². The Morgan fingerprint density at radius 1 is 1.37 bits per heavy atom. The van der Waals surface area contributed by atoms with Crippen molar-refractivity contribution in [1.29, 1.82) is 0 Å². The number of benzene rings is 1. The third-order valence-corrected chi connectivity index (χ3v) is 4.07. The maximum atomic E-state index is 10.1. The van der Waals surface area contributed by atoms with E-state index in [0.29, 0.717) is 29.5 Å². The molecule has 0 aromatic heterocycles. The molecule has 0 spiro atoms. The lowest BCUT2D eigenvalue weighted by Crippen LogP contribution is -2.41. The average Bonchev–Trinajstić information content (AvgIpc) is 2.73. The number of phenols is 1. The highest BCUT2D eigenvalue weighted by Crippen LogP contribution is 2.35. The standard InChI is InChI=1S/C14H18ClNO3/c1-18-13-5-10(15)4-9(14(13)17)6-16-7-11-2-3-12(8-16)19-11/h4-5,11-12,17H,2-3,6-8H2,1H3. The summed E-state index contributed by atoms with van der Waals surface area (Å²) < 4.78 is 10.9. The number of morpholine rings is 1. The van der Waals surface area contributed by atoms with Crippen molar-refractivity contribution in [1.82, 2.24) is 4.90 Å². The van der Waals surface area contributed by atoms with Crippen LogP contribution in [0.2, 0.25) is 5.02 Å². The smallest absolute Gasteiger partial charge is 0.162 e. The molecule has 0 amide bonds. The quantitative estimate of drug-likeness (QED) is 0.925. The predicted octanol–water partition coefficient (Wildman–Crippen LogP) is 2.42. The molecule has 4 nitrogen and oxygen atoms in total. The molecule has 1 aromatic carbocycles. The summed E-state index contributed by atoms with van der Waals surface area (Å²) in [5.41, 5.74) is 0.811. The van der Waals surface area contributed by atoms with Crippen molar-refractivity contribution in [2.24, 2.45) is 0 Å². The first-order valence-electron chi connectivity index (χ1n) is 6.59. The first-order valence-corrected chi connectivity index (χ1v) is 6.96. The second kappa shape index (κ2) is 5.19. The molecule has 104 valence electrons. The molecule has 0 radical (unpaired) electrons. The molecular weight excluding hydrogens is 266 g/mol. The lowest BCUT2D eigenvalue weighted by Gasteiger charge is -2.32. The molecule has 1 N–H and O–H groups in total. The van der Waals surface area contributed by atoms with Crippen LogP contribution < -0.4 is 4.74 Å². The molecule has 3 rings (SSSR count). The topological polar surface area (TPSA) is 41.9 Å². The monoisotopic (exact) mass is 283 g/mol. The fraction of sp³-hybridized carbons (Fsp3) is 0.571. The second-order valence-electron chi connectivity index (χ2n) is 5.27. The van der Waals surface area contributed by atoms with Gasteiger partial charge in [-0.1, -0.05) is 11.6 Å². The van der Waals surface area contributed by atoms with Crippen LogP contribution in [0.5, 0.6) is 11.5 Å². The lowest BCUT2D eigenvalue weighted by molar-refractivity contribution is -0.0412. The van der Waals surface area contributed by atoms with E-state index >= 15 is 0 Å². The molecule has 2 bridgehead atoms. The van der Waals surface area contributed by atoms with Gasteiger partial charge >= 0.3 is 0 Å². The van der Waals surface area contributed by atoms with Gasteiger partial charge in [-0.25, -0.2) is 0 Å². The molecule has 2 saturated heterocycles. The van der Waals surface area contributed by atoms with Gasteiger partial charge in [-0.05, 0) is 18.9 Å². The first kappa shape index (κ1) is 13.0. The molecular formula is C14H18ClNO3. The summed E-state index contributed by atoms with van der Waals surface area (Å²) in [4.78, 5) is 2.32. The highest BCUT2D eigenvalue weighted by molar-refractivity contribution is 6.30. The van der Waals surface area contributed by atoms with Gasteiger partial charge in [0.15, 0.2) is 11.5 Å². The van der Waals surface area contributed by atoms with Gasteiger partial charge in [-0.3, -0.25) is 4.90 Å². The van der Waals surface area contributed by atoms with E-state index in [1.165, 1.54) is 7.11 Å². The Morgan fingerprint density at radius 3 is 2.68 bits per heavy atom. The Bertz CT molecular complexity index is 468. The van der Waals surface area contributed by atoms with Crippen LogP contribution in [0.1, 0.15) is 18.4 Å². The first-order chi connectivity index (χ1) is 9.15. The molecule has 2 aliphatic rings. The number of nitrogens with zero attached hydrogens (tertiary/aromatic N) is 1. The van der Waals surface area contributed by atoms with Gasteiger partial charge < -0.3 is 14.6 Å². The van der Waals surface area contributed by atoms with Crippen molar-refractivity contribution >= 4 is 11.6 Å². The second-order valence-corrected chi connectivity index (χ2v) is 5.70. The molecule has 2 atom stereocenters. The van der Waals surface area contributed by atoms with Gasteiger partial charge in [0.2, 0.25) is 0 Å². The number of aromatic hydroxyl groups is 1. The largest absolute Gasteiger partial charge is 0.504 e. The zero-order valence-electron chi connectivity index (χ0n) is 10.9. The van der Waals surface area contributed by atoms with Crippen LogP contribution in [-0.4, -0.2) is 42.4 Å². The van der Waals surface area contributed by atoms with Gasteiger partial charge in [0.05, 0.1) is 19.3 Å². The highest BCUT2D eigenvalue weighted by atomic mass is 35.5. The van der Waals surface area contributed by atoms with Gasteiger partial charge in [0.25, 0.3) is 0 Å². The number of methoxy groups -OCH3 is 1. The SMILES string of the molecule is COc1cc(Cl)cc(CN2CC3CCC(C2)O3)c1O. The maximum absolute atomic E-state index is 10.1. The Hall–Kier alpha value is -0.970. The molecule has 2 fully saturated rings. The summed E-state index contributed by atoms with van der Waals surface area (Å²) in [6, 6.07) is 3.43. The van der Waals surface area contributed by atoms with E-state index in [0.717, 1.165) is 31.5 Å². The van der Waals surface area contributed by atoms with E-state index in [4.69, 9.17) is 21.1 Å². The van der Waals surface area contributed by atoms with Crippen molar-refractivity contribution in [3.63, 3.8) is 0 Å². The fourth-order valence-electron chi connectivity index (χ4n) is 2.97. The summed E-state index contributed by atoms with van der Waals surface area (Å²) in [7, 11) is 1.53. The Morgan fingerprint density at radius 2 is 2.05 bits per heavy atom. The van der Waals surface area contributed by atoms with Crippen LogP contribution in [0.4, 0.5) is 0 Å². The van der Waals surface area contributed by atoms with Crippen LogP contribution in [0.15, 0.2) is 12.1 Å². The number of likely N-dealkylation sites (tertiary alicyclic amines) is 1. The van der Waals surface area contributed by atoms with Crippen LogP contribution in [0, 0.1) is 0 Å². The minimum absolute atomic E-state index is 0.186. The van der Waals surface area contributed by atoms with Gasteiger partial charge in [-0.2, -0.15) is 0 Å². The molecule has 19 heavy (non-hydrogen) atoms. The third-order valence-electron chi connectivity index (χ3n) is 3.85. The van der Waals surface area contributed by atoms with E-state index in [-0.39, 0.29) is 5.75 Å². The lowest BCUT2D eigenvalue weighted by atomic mass is 10.1. The van der Waals surface area contributed by atoms with Crippen LogP contribution in [0.3, 0.4) is 0 Å². The summed E-state index contributed by atoms with van der Waals surface area (Å²) in [5, 5.41) is 10.7. The van der Waals surface area contributed by atoms with Crippen LogP contribution >= 0.6 is 11.6 Å². The average molecular weight is 284 g/mol. The van der Waals surface area contributed by atoms with Crippen LogP contribution in [0.25, 0.3) is 0 Å². The maximum Gasteiger partial charge on any atom is 0.162 e. The normalized spacial score (nSPS) is 26.6. The number of hydrogen-bond acceptors (Lipinski definition) is 4. The third kappa shape index (κ3) is 2.66. The van der Waals surface area contributed by atoms with Crippen LogP contribution in [-0.2, 0) is 11.3 Å². The van der Waals surface area contributed by atoms with Crippen molar-refractivity contribution in [3.8, 4) is 11.5 Å². The molecule has 2 aliphatic heterocycles. The molecule has 2 unspecified atom stereocenters. The molecule has 1 aromatic rings. The number of halogens is 1. The Kier molecular flexibility index (Phi) is 3.56. The summed E-state index contributed by atoms with van der Waals surface area (Å²) in [6.45, 7) is 2.52. The van der Waals surface area contributed by atoms with Crippen molar-refractivity contribution in [3.05, 3.63) is 22.7 Å². The number of phenolic OH excluding ortho intramolecular Hbond substituents is 1. The van der Waals surface area contributed by atoms with E-state index in [1.807, 2.05) is 0 Å².